The number of hydrogen-bond acceptors (Lipinski definition) is 5. The molecular weight excluding hydrogens is 252 g/mol. The highest BCUT2D eigenvalue weighted by Crippen LogP contribution is 2.26. The lowest BCUT2D eigenvalue weighted by molar-refractivity contribution is -0.131. The van der Waals surface area contributed by atoms with Crippen LogP contribution in [0.15, 0.2) is 5.51 Å². The monoisotopic (exact) mass is 268 g/mol. The number of likely N-dealkylation sites (tertiary alicyclic amines) is 1. The standard InChI is InChI=1S/C11H16N4O2S/c1-11(2,3)15-5-7(4-8(15)16)9(17)13-10-14-12-6-18-10/h6-7H,4-5H2,1-3H3,(H,13,14,17)/t7-/m0/s1. The Kier molecular flexibility index (Phi) is 3.34. The Balaban J connectivity index is 2.00. The minimum atomic E-state index is -0.305. The first-order valence-corrected chi connectivity index (χ1v) is 6.63. The number of rotatable bonds is 2. The highest BCUT2D eigenvalue weighted by atomic mass is 32.1. The van der Waals surface area contributed by atoms with Crippen LogP contribution < -0.4 is 5.32 Å². The third-order valence-corrected chi connectivity index (χ3v) is 3.50. The van der Waals surface area contributed by atoms with Crippen molar-refractivity contribution < 1.29 is 9.59 Å². The minimum absolute atomic E-state index is 0.0277. The van der Waals surface area contributed by atoms with E-state index in [4.69, 9.17) is 0 Å². The van der Waals surface area contributed by atoms with E-state index in [0.29, 0.717) is 11.7 Å². The Labute approximate surface area is 109 Å². The normalized spacial score (nSPS) is 20.3. The molecule has 1 aliphatic heterocycles. The van der Waals surface area contributed by atoms with Crippen LogP contribution in [0.4, 0.5) is 5.13 Å². The summed E-state index contributed by atoms with van der Waals surface area (Å²) in [5.74, 6) is -0.438. The van der Waals surface area contributed by atoms with Crippen LogP contribution in [0.25, 0.3) is 0 Å². The van der Waals surface area contributed by atoms with E-state index in [1.165, 1.54) is 11.3 Å². The predicted molar refractivity (Wildman–Crippen MR) is 68.1 cm³/mol. The molecule has 18 heavy (non-hydrogen) atoms. The summed E-state index contributed by atoms with van der Waals surface area (Å²) in [6.45, 7) is 6.37. The average Bonchev–Trinajstić information content (AvgIpc) is 2.85. The summed E-state index contributed by atoms with van der Waals surface area (Å²) >= 11 is 1.26. The zero-order chi connectivity index (χ0) is 13.3. The summed E-state index contributed by atoms with van der Waals surface area (Å²) in [6, 6.07) is 0. The Hall–Kier alpha value is -1.50. The zero-order valence-corrected chi connectivity index (χ0v) is 11.5. The molecule has 1 fully saturated rings. The largest absolute Gasteiger partial charge is 0.337 e. The summed E-state index contributed by atoms with van der Waals surface area (Å²) < 4.78 is 0. The van der Waals surface area contributed by atoms with Gasteiger partial charge in [0, 0.05) is 18.5 Å². The molecule has 0 saturated carbocycles. The van der Waals surface area contributed by atoms with E-state index in [1.54, 1.807) is 10.4 Å². The number of hydrogen-bond donors (Lipinski definition) is 1. The van der Waals surface area contributed by atoms with E-state index in [2.05, 4.69) is 15.5 Å². The summed E-state index contributed by atoms with van der Waals surface area (Å²) in [4.78, 5) is 25.6. The van der Waals surface area contributed by atoms with Crippen LogP contribution in [-0.2, 0) is 9.59 Å². The highest BCUT2D eigenvalue weighted by molar-refractivity contribution is 7.13. The van der Waals surface area contributed by atoms with Crippen LogP contribution in [0, 0.1) is 5.92 Å². The number of amides is 2. The molecule has 0 aliphatic carbocycles. The van der Waals surface area contributed by atoms with Gasteiger partial charge >= 0.3 is 0 Å². The SMILES string of the molecule is CC(C)(C)N1C[C@@H](C(=O)Nc2nncs2)CC1=O. The maximum Gasteiger partial charge on any atom is 0.231 e. The molecule has 2 heterocycles. The third-order valence-electron chi connectivity index (χ3n) is 2.90. The van der Waals surface area contributed by atoms with Crippen molar-refractivity contribution in [2.75, 3.05) is 11.9 Å². The van der Waals surface area contributed by atoms with Gasteiger partial charge in [-0.3, -0.25) is 9.59 Å². The number of aromatic nitrogens is 2. The van der Waals surface area contributed by atoms with Crippen LogP contribution in [-0.4, -0.2) is 39.0 Å². The van der Waals surface area contributed by atoms with E-state index in [-0.39, 0.29) is 29.7 Å². The van der Waals surface area contributed by atoms with Gasteiger partial charge in [0.1, 0.15) is 5.51 Å². The van der Waals surface area contributed by atoms with Gasteiger partial charge in [-0.1, -0.05) is 11.3 Å². The zero-order valence-electron chi connectivity index (χ0n) is 10.6. The van der Waals surface area contributed by atoms with Gasteiger partial charge in [0.25, 0.3) is 0 Å². The molecule has 2 rings (SSSR count). The molecule has 6 nitrogen and oxygen atoms in total. The quantitative estimate of drug-likeness (QED) is 0.872. The molecule has 1 aromatic heterocycles. The molecule has 1 atom stereocenters. The highest BCUT2D eigenvalue weighted by Gasteiger charge is 2.39. The molecule has 1 aliphatic rings. The Morgan fingerprint density at radius 1 is 1.56 bits per heavy atom. The minimum Gasteiger partial charge on any atom is -0.337 e. The molecule has 0 bridgehead atoms. The summed E-state index contributed by atoms with van der Waals surface area (Å²) in [5.41, 5.74) is 1.31. The number of carbonyl (C=O) groups is 2. The fourth-order valence-electron chi connectivity index (χ4n) is 1.97. The first-order valence-electron chi connectivity index (χ1n) is 5.75. The summed E-state index contributed by atoms with van der Waals surface area (Å²) in [6.07, 6.45) is 0.266. The lowest BCUT2D eigenvalue weighted by Gasteiger charge is -2.31. The smallest absolute Gasteiger partial charge is 0.231 e. The van der Waals surface area contributed by atoms with E-state index in [0.717, 1.165) is 0 Å². The number of nitrogens with one attached hydrogen (secondary N) is 1. The number of nitrogens with zero attached hydrogens (tertiary/aromatic N) is 3. The molecule has 7 heteroatoms. The van der Waals surface area contributed by atoms with Crippen LogP contribution in [0.1, 0.15) is 27.2 Å². The third kappa shape index (κ3) is 2.66. The molecular formula is C11H16N4O2S. The van der Waals surface area contributed by atoms with Crippen molar-refractivity contribution in [3.05, 3.63) is 5.51 Å². The second-order valence-electron chi connectivity index (χ2n) is 5.31. The number of anilines is 1. The van der Waals surface area contributed by atoms with Crippen molar-refractivity contribution in [2.45, 2.75) is 32.7 Å². The van der Waals surface area contributed by atoms with E-state index < -0.39 is 0 Å². The first-order chi connectivity index (χ1) is 8.38. The van der Waals surface area contributed by atoms with Gasteiger partial charge in [-0.2, -0.15) is 0 Å². The predicted octanol–water partition coefficient (Wildman–Crippen LogP) is 1.12. The van der Waals surface area contributed by atoms with Gasteiger partial charge in [-0.05, 0) is 20.8 Å². The van der Waals surface area contributed by atoms with Gasteiger partial charge in [0.15, 0.2) is 0 Å². The van der Waals surface area contributed by atoms with Crippen LogP contribution in [0.2, 0.25) is 0 Å². The van der Waals surface area contributed by atoms with Crippen molar-refractivity contribution in [3.63, 3.8) is 0 Å². The second kappa shape index (κ2) is 4.64. The van der Waals surface area contributed by atoms with Gasteiger partial charge in [0.05, 0.1) is 5.92 Å². The maximum absolute atomic E-state index is 12.0. The fourth-order valence-corrected chi connectivity index (χ4v) is 2.41. The van der Waals surface area contributed by atoms with E-state index in [1.807, 2.05) is 20.8 Å². The molecule has 1 saturated heterocycles. The van der Waals surface area contributed by atoms with Gasteiger partial charge in [-0.25, -0.2) is 0 Å². The Bertz CT molecular complexity index is 452. The van der Waals surface area contributed by atoms with E-state index >= 15 is 0 Å². The molecule has 1 aromatic rings. The molecule has 0 aromatic carbocycles. The maximum atomic E-state index is 12.0. The van der Waals surface area contributed by atoms with Crippen LogP contribution in [0.3, 0.4) is 0 Å². The molecule has 0 unspecified atom stereocenters. The topological polar surface area (TPSA) is 75.2 Å². The lowest BCUT2D eigenvalue weighted by atomic mass is 10.1. The number of carbonyl (C=O) groups excluding carboxylic acids is 2. The van der Waals surface area contributed by atoms with Gasteiger partial charge < -0.3 is 10.2 Å². The van der Waals surface area contributed by atoms with Crippen molar-refractivity contribution in [2.24, 2.45) is 5.92 Å². The molecule has 0 spiro atoms. The second-order valence-corrected chi connectivity index (χ2v) is 6.14. The molecule has 0 radical (unpaired) electrons. The fraction of sp³-hybridized carbons (Fsp3) is 0.636. The molecule has 1 N–H and O–H groups in total. The molecule has 98 valence electrons. The van der Waals surface area contributed by atoms with Crippen LogP contribution in [0.5, 0.6) is 0 Å². The first kappa shape index (κ1) is 12.9. The Morgan fingerprint density at radius 2 is 2.28 bits per heavy atom. The van der Waals surface area contributed by atoms with Crippen molar-refractivity contribution in [1.29, 1.82) is 0 Å². The van der Waals surface area contributed by atoms with Crippen LogP contribution >= 0.6 is 11.3 Å². The average molecular weight is 268 g/mol. The van der Waals surface area contributed by atoms with Crippen molar-refractivity contribution in [1.82, 2.24) is 15.1 Å². The molecule has 2 amide bonds. The van der Waals surface area contributed by atoms with Gasteiger partial charge in [0.2, 0.25) is 16.9 Å². The Morgan fingerprint density at radius 3 is 2.78 bits per heavy atom. The summed E-state index contributed by atoms with van der Waals surface area (Å²) in [5, 5.41) is 10.6. The van der Waals surface area contributed by atoms with E-state index in [9.17, 15) is 9.59 Å². The lowest BCUT2D eigenvalue weighted by Crippen LogP contribution is -2.42. The van der Waals surface area contributed by atoms with Crippen molar-refractivity contribution in [3.8, 4) is 0 Å². The van der Waals surface area contributed by atoms with Gasteiger partial charge in [-0.15, -0.1) is 10.2 Å². The van der Waals surface area contributed by atoms with Crippen molar-refractivity contribution >= 4 is 28.3 Å². The summed E-state index contributed by atoms with van der Waals surface area (Å²) in [7, 11) is 0.